The summed E-state index contributed by atoms with van der Waals surface area (Å²) in [4.78, 5) is 16.7. The van der Waals surface area contributed by atoms with E-state index in [1.807, 2.05) is 14.1 Å². The summed E-state index contributed by atoms with van der Waals surface area (Å²) in [6.45, 7) is 4.85. The zero-order valence-corrected chi connectivity index (χ0v) is 16.2. The molecule has 26 heavy (non-hydrogen) atoms. The van der Waals surface area contributed by atoms with E-state index in [1.54, 1.807) is 37.7 Å². The second-order valence-electron chi connectivity index (χ2n) is 6.16. The number of halogens is 1. The van der Waals surface area contributed by atoms with Crippen molar-refractivity contribution in [3.05, 3.63) is 45.9 Å². The van der Waals surface area contributed by atoms with Crippen LogP contribution in [0.25, 0.3) is 0 Å². The second kappa shape index (κ2) is 8.77. The Balaban J connectivity index is 1.54. The largest absolute Gasteiger partial charge is 0.383 e. The summed E-state index contributed by atoms with van der Waals surface area (Å²) in [5.41, 5.74) is 0.668. The van der Waals surface area contributed by atoms with E-state index in [0.29, 0.717) is 48.3 Å². The highest BCUT2D eigenvalue weighted by atomic mass is 35.5. The van der Waals surface area contributed by atoms with Gasteiger partial charge in [0.05, 0.1) is 13.3 Å². The van der Waals surface area contributed by atoms with E-state index in [0.717, 1.165) is 13.1 Å². The number of carbonyl (C=O) groups excluding carboxylic acids is 1. The van der Waals surface area contributed by atoms with Crippen LogP contribution >= 0.6 is 23.8 Å². The summed E-state index contributed by atoms with van der Waals surface area (Å²) in [6.07, 6.45) is 1.74. The smallest absolute Gasteiger partial charge is 0.253 e. The predicted octanol–water partition coefficient (Wildman–Crippen LogP) is 2.13. The molecule has 0 saturated carbocycles. The molecule has 7 nitrogen and oxygen atoms in total. The number of piperazine rings is 1. The summed E-state index contributed by atoms with van der Waals surface area (Å²) in [6, 6.07) is 7.02. The van der Waals surface area contributed by atoms with Crippen LogP contribution in [-0.4, -0.2) is 70.0 Å². The fourth-order valence-corrected chi connectivity index (χ4v) is 3.24. The Kier molecular flexibility index (Phi) is 6.42. The Morgan fingerprint density at radius 3 is 2.58 bits per heavy atom. The first-order valence-corrected chi connectivity index (χ1v) is 9.25. The van der Waals surface area contributed by atoms with E-state index >= 15 is 0 Å². The van der Waals surface area contributed by atoms with Crippen molar-refractivity contribution in [2.24, 2.45) is 0 Å². The van der Waals surface area contributed by atoms with E-state index in [-0.39, 0.29) is 5.91 Å². The molecule has 2 heterocycles. The maximum Gasteiger partial charge on any atom is 0.253 e. The lowest BCUT2D eigenvalue weighted by atomic mass is 10.2. The second-order valence-corrected chi connectivity index (χ2v) is 6.96. The van der Waals surface area contributed by atoms with Crippen LogP contribution in [0.1, 0.15) is 10.4 Å². The van der Waals surface area contributed by atoms with E-state index in [1.165, 1.54) is 0 Å². The van der Waals surface area contributed by atoms with Gasteiger partial charge in [-0.1, -0.05) is 11.6 Å². The summed E-state index contributed by atoms with van der Waals surface area (Å²) in [5, 5.41) is 4.99. The van der Waals surface area contributed by atoms with E-state index in [2.05, 4.69) is 10.00 Å². The average Bonchev–Trinajstić information content (AvgIpc) is 3.00. The summed E-state index contributed by atoms with van der Waals surface area (Å²) in [7, 11) is 1.67. The summed E-state index contributed by atoms with van der Waals surface area (Å²) in [5.74, 6) is 0.0433. The number of ether oxygens (including phenoxy) is 1. The molecular formula is C17H22ClN5O2S. The molecule has 1 amide bonds. The first-order valence-electron chi connectivity index (χ1n) is 8.47. The number of carbonyl (C=O) groups is 1. The molecule has 0 atom stereocenters. The maximum absolute atomic E-state index is 12.5. The minimum absolute atomic E-state index is 0.0433. The third-order valence-electron chi connectivity index (χ3n) is 4.42. The molecular weight excluding hydrogens is 374 g/mol. The minimum atomic E-state index is 0.0433. The van der Waals surface area contributed by atoms with Gasteiger partial charge in [0.25, 0.3) is 5.91 Å². The van der Waals surface area contributed by atoms with Gasteiger partial charge in [-0.15, -0.1) is 0 Å². The van der Waals surface area contributed by atoms with Gasteiger partial charge in [-0.3, -0.25) is 9.69 Å². The lowest BCUT2D eigenvalue weighted by molar-refractivity contribution is 0.0585. The number of amides is 1. The van der Waals surface area contributed by atoms with Crippen LogP contribution in [-0.2, 0) is 18.0 Å². The zero-order valence-electron chi connectivity index (χ0n) is 14.7. The highest BCUT2D eigenvalue weighted by Crippen LogP contribution is 2.13. The van der Waals surface area contributed by atoms with Crippen LogP contribution in [0.2, 0.25) is 5.02 Å². The van der Waals surface area contributed by atoms with Gasteiger partial charge in [0.1, 0.15) is 6.33 Å². The molecule has 1 aromatic heterocycles. The first-order chi connectivity index (χ1) is 12.6. The van der Waals surface area contributed by atoms with Crippen molar-refractivity contribution in [1.82, 2.24) is 24.1 Å². The standard InChI is InChI=1S/C17H22ClN5O2S/c1-25-11-10-22-12-19-23(17(22)26)13-20-6-8-21(9-7-20)16(24)14-2-4-15(18)5-3-14/h2-5,12H,6-11,13H2,1H3. The van der Waals surface area contributed by atoms with Crippen molar-refractivity contribution >= 4 is 29.7 Å². The lowest BCUT2D eigenvalue weighted by Crippen LogP contribution is -2.49. The Morgan fingerprint density at radius 2 is 1.92 bits per heavy atom. The van der Waals surface area contributed by atoms with Crippen LogP contribution < -0.4 is 0 Å². The van der Waals surface area contributed by atoms with Crippen molar-refractivity contribution in [2.45, 2.75) is 13.2 Å². The van der Waals surface area contributed by atoms with Gasteiger partial charge in [-0.05, 0) is 36.5 Å². The quantitative estimate of drug-likeness (QED) is 0.701. The topological polar surface area (TPSA) is 55.5 Å². The van der Waals surface area contributed by atoms with Gasteiger partial charge in [-0.2, -0.15) is 5.10 Å². The van der Waals surface area contributed by atoms with Gasteiger partial charge in [0.2, 0.25) is 0 Å². The lowest BCUT2D eigenvalue weighted by Gasteiger charge is -2.34. The number of methoxy groups -OCH3 is 1. The van der Waals surface area contributed by atoms with Gasteiger partial charge in [0, 0.05) is 50.4 Å². The van der Waals surface area contributed by atoms with Crippen molar-refractivity contribution in [3.63, 3.8) is 0 Å². The van der Waals surface area contributed by atoms with Crippen molar-refractivity contribution in [1.29, 1.82) is 0 Å². The minimum Gasteiger partial charge on any atom is -0.383 e. The van der Waals surface area contributed by atoms with Crippen LogP contribution in [0.4, 0.5) is 0 Å². The van der Waals surface area contributed by atoms with Crippen molar-refractivity contribution < 1.29 is 9.53 Å². The first kappa shape index (κ1) is 19.0. The zero-order chi connectivity index (χ0) is 18.5. The van der Waals surface area contributed by atoms with Crippen LogP contribution in [0.3, 0.4) is 0 Å². The fraction of sp³-hybridized carbons (Fsp3) is 0.471. The molecule has 0 unspecified atom stereocenters. The third kappa shape index (κ3) is 4.50. The van der Waals surface area contributed by atoms with Crippen molar-refractivity contribution in [3.8, 4) is 0 Å². The third-order valence-corrected chi connectivity index (χ3v) is 5.12. The van der Waals surface area contributed by atoms with Gasteiger partial charge < -0.3 is 14.2 Å². The Hall–Kier alpha value is -1.74. The normalized spacial score (nSPS) is 15.4. The number of aromatic nitrogens is 3. The predicted molar refractivity (Wildman–Crippen MR) is 102 cm³/mol. The van der Waals surface area contributed by atoms with Crippen LogP contribution in [0.5, 0.6) is 0 Å². The number of benzene rings is 1. The number of hydrogen-bond acceptors (Lipinski definition) is 5. The highest BCUT2D eigenvalue weighted by molar-refractivity contribution is 7.71. The molecule has 1 saturated heterocycles. The van der Waals surface area contributed by atoms with Gasteiger partial charge in [0.15, 0.2) is 4.77 Å². The fourth-order valence-electron chi connectivity index (χ4n) is 2.87. The molecule has 0 N–H and O–H groups in total. The Labute approximate surface area is 162 Å². The molecule has 0 spiro atoms. The summed E-state index contributed by atoms with van der Waals surface area (Å²) >= 11 is 11.3. The van der Waals surface area contributed by atoms with Gasteiger partial charge in [-0.25, -0.2) is 4.68 Å². The Bertz CT molecular complexity index is 796. The molecule has 0 radical (unpaired) electrons. The monoisotopic (exact) mass is 395 g/mol. The Morgan fingerprint density at radius 1 is 1.23 bits per heavy atom. The average molecular weight is 396 g/mol. The van der Waals surface area contributed by atoms with E-state index in [9.17, 15) is 4.79 Å². The SMILES string of the molecule is COCCn1cnn(CN2CCN(C(=O)c3ccc(Cl)cc3)CC2)c1=S. The maximum atomic E-state index is 12.5. The molecule has 9 heteroatoms. The highest BCUT2D eigenvalue weighted by Gasteiger charge is 2.22. The molecule has 0 aliphatic carbocycles. The van der Waals surface area contributed by atoms with Crippen molar-refractivity contribution in [2.75, 3.05) is 39.9 Å². The molecule has 3 rings (SSSR count). The number of rotatable bonds is 6. The molecule has 140 valence electrons. The van der Waals surface area contributed by atoms with E-state index in [4.69, 9.17) is 28.6 Å². The number of nitrogens with zero attached hydrogens (tertiary/aromatic N) is 5. The molecule has 1 fully saturated rings. The van der Waals surface area contributed by atoms with Crippen LogP contribution in [0, 0.1) is 4.77 Å². The van der Waals surface area contributed by atoms with Gasteiger partial charge >= 0.3 is 0 Å². The molecule has 1 aromatic carbocycles. The van der Waals surface area contributed by atoms with Crippen LogP contribution in [0.15, 0.2) is 30.6 Å². The molecule has 0 bridgehead atoms. The van der Waals surface area contributed by atoms with E-state index < -0.39 is 0 Å². The molecule has 1 aliphatic heterocycles. The number of hydrogen-bond donors (Lipinski definition) is 0. The summed E-state index contributed by atoms with van der Waals surface area (Å²) < 4.78 is 9.47. The molecule has 1 aliphatic rings. The molecule has 2 aromatic rings.